The fourth-order valence-corrected chi connectivity index (χ4v) is 2.88. The Morgan fingerprint density at radius 2 is 1.90 bits per heavy atom. The SMILES string of the molecule is COc1ccnc(C(=O)NC2COC(=O)CC(c3ccccc3)C(=O)OC2)c1O. The van der Waals surface area contributed by atoms with Crippen molar-refractivity contribution in [2.45, 2.75) is 18.4 Å². The van der Waals surface area contributed by atoms with E-state index >= 15 is 0 Å². The van der Waals surface area contributed by atoms with Crippen molar-refractivity contribution in [1.82, 2.24) is 10.3 Å². The summed E-state index contributed by atoms with van der Waals surface area (Å²) < 4.78 is 15.5. The topological polar surface area (TPSA) is 124 Å². The first-order valence-electron chi connectivity index (χ1n) is 8.89. The van der Waals surface area contributed by atoms with Crippen molar-refractivity contribution >= 4 is 17.8 Å². The van der Waals surface area contributed by atoms with Crippen LogP contribution in [0.2, 0.25) is 0 Å². The molecule has 1 amide bonds. The standard InChI is InChI=1S/C20H20N2O7/c1-27-15-7-8-21-17(18(15)24)19(25)22-13-10-28-16(23)9-14(20(26)29-11-13)12-5-3-2-4-6-12/h2-8,13-14,24H,9-11H2,1H3,(H,22,25). The first kappa shape index (κ1) is 20.1. The number of hydrogen-bond donors (Lipinski definition) is 2. The van der Waals surface area contributed by atoms with E-state index in [9.17, 15) is 19.5 Å². The lowest BCUT2D eigenvalue weighted by Gasteiger charge is -2.18. The molecule has 0 saturated carbocycles. The zero-order valence-electron chi connectivity index (χ0n) is 15.7. The molecule has 2 heterocycles. The highest BCUT2D eigenvalue weighted by atomic mass is 16.6. The molecule has 29 heavy (non-hydrogen) atoms. The maximum Gasteiger partial charge on any atom is 0.314 e. The summed E-state index contributed by atoms with van der Waals surface area (Å²) in [6.07, 6.45) is 1.14. The van der Waals surface area contributed by atoms with Crippen LogP contribution in [0.4, 0.5) is 0 Å². The van der Waals surface area contributed by atoms with Gasteiger partial charge in [0.2, 0.25) is 0 Å². The Labute approximate surface area is 166 Å². The first-order valence-corrected chi connectivity index (χ1v) is 8.89. The third-order valence-corrected chi connectivity index (χ3v) is 4.39. The number of carbonyl (C=O) groups excluding carboxylic acids is 3. The molecule has 1 aliphatic rings. The fraction of sp³-hybridized carbons (Fsp3) is 0.300. The van der Waals surface area contributed by atoms with Gasteiger partial charge in [0.25, 0.3) is 5.91 Å². The minimum atomic E-state index is -0.808. The summed E-state index contributed by atoms with van der Waals surface area (Å²) in [6.45, 7) is -0.393. The van der Waals surface area contributed by atoms with Crippen LogP contribution in [-0.2, 0) is 19.1 Å². The van der Waals surface area contributed by atoms with E-state index in [0.717, 1.165) is 0 Å². The van der Waals surface area contributed by atoms with Crippen molar-refractivity contribution in [3.05, 3.63) is 53.9 Å². The summed E-state index contributed by atoms with van der Waals surface area (Å²) >= 11 is 0. The molecule has 2 N–H and O–H groups in total. The minimum absolute atomic E-state index is 0.0863. The van der Waals surface area contributed by atoms with E-state index in [0.29, 0.717) is 5.56 Å². The van der Waals surface area contributed by atoms with Crippen molar-refractivity contribution in [2.75, 3.05) is 20.3 Å². The van der Waals surface area contributed by atoms with Gasteiger partial charge in [0.15, 0.2) is 17.2 Å². The number of carbonyl (C=O) groups is 3. The van der Waals surface area contributed by atoms with Crippen LogP contribution in [0.15, 0.2) is 42.6 Å². The van der Waals surface area contributed by atoms with E-state index in [4.69, 9.17) is 14.2 Å². The zero-order valence-corrected chi connectivity index (χ0v) is 15.7. The summed E-state index contributed by atoms with van der Waals surface area (Å²) in [4.78, 5) is 40.9. The van der Waals surface area contributed by atoms with Crippen LogP contribution in [-0.4, -0.2) is 54.3 Å². The molecule has 1 saturated heterocycles. The third kappa shape index (κ3) is 4.81. The average molecular weight is 400 g/mol. The van der Waals surface area contributed by atoms with Crippen LogP contribution in [0.3, 0.4) is 0 Å². The van der Waals surface area contributed by atoms with Crippen LogP contribution >= 0.6 is 0 Å². The second-order valence-electron chi connectivity index (χ2n) is 6.36. The molecule has 0 spiro atoms. The third-order valence-electron chi connectivity index (χ3n) is 4.39. The summed E-state index contributed by atoms with van der Waals surface area (Å²) in [6, 6.07) is 9.38. The van der Waals surface area contributed by atoms with E-state index in [1.165, 1.54) is 19.4 Å². The van der Waals surface area contributed by atoms with Gasteiger partial charge in [-0.05, 0) is 5.56 Å². The number of ether oxygens (including phenoxy) is 3. The van der Waals surface area contributed by atoms with Gasteiger partial charge in [0.05, 0.1) is 25.5 Å². The van der Waals surface area contributed by atoms with Gasteiger partial charge in [-0.25, -0.2) is 4.98 Å². The fourth-order valence-electron chi connectivity index (χ4n) is 2.88. The maximum atomic E-state index is 12.5. The van der Waals surface area contributed by atoms with Gasteiger partial charge in [0.1, 0.15) is 13.2 Å². The van der Waals surface area contributed by atoms with Gasteiger partial charge in [-0.2, -0.15) is 0 Å². The van der Waals surface area contributed by atoms with Gasteiger partial charge in [0, 0.05) is 12.3 Å². The molecule has 2 aromatic rings. The summed E-state index contributed by atoms with van der Waals surface area (Å²) in [5.74, 6) is -3.02. The Balaban J connectivity index is 1.72. The largest absolute Gasteiger partial charge is 0.503 e. The smallest absolute Gasteiger partial charge is 0.314 e. The van der Waals surface area contributed by atoms with Crippen molar-refractivity contribution in [2.24, 2.45) is 0 Å². The Hall–Kier alpha value is -3.62. The lowest BCUT2D eigenvalue weighted by molar-refractivity contribution is -0.149. The number of nitrogens with zero attached hydrogens (tertiary/aromatic N) is 1. The number of cyclic esters (lactones) is 2. The molecule has 1 aromatic carbocycles. The van der Waals surface area contributed by atoms with Crippen LogP contribution in [0.1, 0.15) is 28.4 Å². The number of aromatic nitrogens is 1. The normalized spacial score (nSPS) is 19.8. The molecule has 152 valence electrons. The lowest BCUT2D eigenvalue weighted by atomic mass is 9.96. The lowest BCUT2D eigenvalue weighted by Crippen LogP contribution is -2.42. The Morgan fingerprint density at radius 1 is 1.17 bits per heavy atom. The highest BCUT2D eigenvalue weighted by Gasteiger charge is 2.30. The zero-order chi connectivity index (χ0) is 20.8. The molecule has 2 unspecified atom stereocenters. The molecular formula is C20H20N2O7. The molecule has 0 radical (unpaired) electrons. The number of amides is 1. The molecule has 9 nitrogen and oxygen atoms in total. The van der Waals surface area contributed by atoms with Crippen molar-refractivity contribution in [1.29, 1.82) is 0 Å². The second kappa shape index (κ2) is 9.05. The summed E-state index contributed by atoms with van der Waals surface area (Å²) in [7, 11) is 1.34. The van der Waals surface area contributed by atoms with Gasteiger partial charge < -0.3 is 24.6 Å². The molecule has 0 bridgehead atoms. The van der Waals surface area contributed by atoms with E-state index in [1.54, 1.807) is 30.3 Å². The van der Waals surface area contributed by atoms with E-state index in [2.05, 4.69) is 10.3 Å². The minimum Gasteiger partial charge on any atom is -0.503 e. The van der Waals surface area contributed by atoms with Crippen molar-refractivity contribution < 1.29 is 33.7 Å². The number of methoxy groups -OCH3 is 1. The van der Waals surface area contributed by atoms with Gasteiger partial charge >= 0.3 is 11.9 Å². The summed E-state index contributed by atoms with van der Waals surface area (Å²) in [5.41, 5.74) is 0.381. The van der Waals surface area contributed by atoms with Gasteiger partial charge in [-0.15, -0.1) is 0 Å². The van der Waals surface area contributed by atoms with E-state index < -0.39 is 35.6 Å². The molecule has 1 fully saturated rings. The molecule has 1 aliphatic heterocycles. The van der Waals surface area contributed by atoms with E-state index in [1.807, 2.05) is 0 Å². The number of esters is 2. The second-order valence-corrected chi connectivity index (χ2v) is 6.36. The molecule has 1 aromatic heterocycles. The number of hydrogen-bond acceptors (Lipinski definition) is 8. The monoisotopic (exact) mass is 400 g/mol. The van der Waals surface area contributed by atoms with Crippen LogP contribution in [0, 0.1) is 0 Å². The van der Waals surface area contributed by atoms with Crippen molar-refractivity contribution in [3.63, 3.8) is 0 Å². The maximum absolute atomic E-state index is 12.5. The van der Waals surface area contributed by atoms with E-state index in [-0.39, 0.29) is 31.1 Å². The Bertz CT molecular complexity index is 901. The Morgan fingerprint density at radius 3 is 2.62 bits per heavy atom. The molecule has 2 atom stereocenters. The number of nitrogens with one attached hydrogen (secondary N) is 1. The highest BCUT2D eigenvalue weighted by molar-refractivity contribution is 5.95. The van der Waals surface area contributed by atoms with Crippen LogP contribution < -0.4 is 10.1 Å². The first-order chi connectivity index (χ1) is 14.0. The summed E-state index contributed by atoms with van der Waals surface area (Å²) in [5, 5.41) is 12.6. The molecular weight excluding hydrogens is 380 g/mol. The predicted octanol–water partition coefficient (Wildman–Crippen LogP) is 1.17. The number of rotatable bonds is 4. The highest BCUT2D eigenvalue weighted by Crippen LogP contribution is 2.27. The quantitative estimate of drug-likeness (QED) is 0.733. The van der Waals surface area contributed by atoms with Crippen molar-refractivity contribution in [3.8, 4) is 11.5 Å². The molecule has 0 aliphatic carbocycles. The van der Waals surface area contributed by atoms with Gasteiger partial charge in [-0.3, -0.25) is 14.4 Å². The van der Waals surface area contributed by atoms with Gasteiger partial charge in [-0.1, -0.05) is 30.3 Å². The average Bonchev–Trinajstić information content (AvgIpc) is 2.80. The number of pyridine rings is 1. The Kier molecular flexibility index (Phi) is 6.28. The number of benzene rings is 1. The predicted molar refractivity (Wildman–Crippen MR) is 99.4 cm³/mol. The number of aromatic hydroxyl groups is 1. The molecule has 9 heteroatoms. The molecule has 3 rings (SSSR count). The van der Waals surface area contributed by atoms with Crippen LogP contribution in [0.25, 0.3) is 0 Å². The van der Waals surface area contributed by atoms with Crippen LogP contribution in [0.5, 0.6) is 11.5 Å².